The molecule has 1 aromatic heterocycles. The molecule has 1 amide bonds. The van der Waals surface area contributed by atoms with E-state index in [0.29, 0.717) is 11.6 Å². The van der Waals surface area contributed by atoms with Crippen LogP contribution >= 0.6 is 0 Å². The highest BCUT2D eigenvalue weighted by Gasteiger charge is 2.29. The van der Waals surface area contributed by atoms with Crippen molar-refractivity contribution in [3.63, 3.8) is 0 Å². The van der Waals surface area contributed by atoms with Crippen LogP contribution in [0, 0.1) is 0 Å². The van der Waals surface area contributed by atoms with Crippen LogP contribution in [0.15, 0.2) is 6.07 Å². The number of hydrogen-bond donors (Lipinski definition) is 2. The summed E-state index contributed by atoms with van der Waals surface area (Å²) in [6.45, 7) is 4.58. The molecule has 0 aromatic carbocycles. The number of aromatic nitrogens is 2. The number of rotatable bonds is 2. The lowest BCUT2D eigenvalue weighted by atomic mass is 10.2. The Kier molecular flexibility index (Phi) is 2.63. The molecule has 5 nitrogen and oxygen atoms in total. The minimum atomic E-state index is 0.0575. The van der Waals surface area contributed by atoms with Gasteiger partial charge < -0.3 is 10.2 Å². The van der Waals surface area contributed by atoms with Gasteiger partial charge in [0.15, 0.2) is 0 Å². The summed E-state index contributed by atoms with van der Waals surface area (Å²) < 4.78 is 0. The van der Waals surface area contributed by atoms with Crippen LogP contribution in [0.5, 0.6) is 0 Å². The van der Waals surface area contributed by atoms with Crippen LogP contribution in [0.1, 0.15) is 41.9 Å². The second-order valence-corrected chi connectivity index (χ2v) is 5.03. The molecule has 2 aliphatic rings. The Balaban J connectivity index is 1.75. The average molecular weight is 234 g/mol. The summed E-state index contributed by atoms with van der Waals surface area (Å²) >= 11 is 0. The van der Waals surface area contributed by atoms with Gasteiger partial charge in [-0.05, 0) is 25.8 Å². The summed E-state index contributed by atoms with van der Waals surface area (Å²) in [4.78, 5) is 14.2. The van der Waals surface area contributed by atoms with Crippen LogP contribution in [0.3, 0.4) is 0 Å². The van der Waals surface area contributed by atoms with Crippen molar-refractivity contribution in [2.45, 2.75) is 31.7 Å². The highest BCUT2D eigenvalue weighted by atomic mass is 16.2. The fourth-order valence-electron chi connectivity index (χ4n) is 2.34. The van der Waals surface area contributed by atoms with Gasteiger partial charge in [-0.25, -0.2) is 0 Å². The smallest absolute Gasteiger partial charge is 0.274 e. The van der Waals surface area contributed by atoms with Gasteiger partial charge in [0, 0.05) is 37.3 Å². The molecule has 1 aliphatic carbocycles. The number of piperazine rings is 1. The van der Waals surface area contributed by atoms with Gasteiger partial charge in [0.2, 0.25) is 0 Å². The molecule has 0 spiro atoms. The fraction of sp³-hybridized carbons (Fsp3) is 0.667. The molecular formula is C12H18N4O. The van der Waals surface area contributed by atoms with E-state index < -0.39 is 0 Å². The van der Waals surface area contributed by atoms with Crippen molar-refractivity contribution < 1.29 is 4.79 Å². The van der Waals surface area contributed by atoms with Crippen molar-refractivity contribution >= 4 is 5.91 Å². The van der Waals surface area contributed by atoms with Gasteiger partial charge in [0.05, 0.1) is 0 Å². The third-order valence-electron chi connectivity index (χ3n) is 3.60. The molecule has 1 atom stereocenters. The summed E-state index contributed by atoms with van der Waals surface area (Å²) in [5.41, 5.74) is 1.69. The summed E-state index contributed by atoms with van der Waals surface area (Å²) in [5.74, 6) is 0.673. The minimum absolute atomic E-state index is 0.0575. The van der Waals surface area contributed by atoms with Crippen molar-refractivity contribution in [3.8, 4) is 0 Å². The number of H-pyrrole nitrogens is 1. The molecule has 1 saturated heterocycles. The number of nitrogens with one attached hydrogen (secondary N) is 2. The van der Waals surface area contributed by atoms with E-state index in [2.05, 4.69) is 22.4 Å². The molecule has 2 heterocycles. The van der Waals surface area contributed by atoms with E-state index in [4.69, 9.17) is 0 Å². The van der Waals surface area contributed by atoms with Crippen molar-refractivity contribution in [2.75, 3.05) is 19.6 Å². The molecule has 92 valence electrons. The zero-order valence-corrected chi connectivity index (χ0v) is 10.1. The third kappa shape index (κ3) is 2.07. The third-order valence-corrected chi connectivity index (χ3v) is 3.60. The number of hydrogen-bond acceptors (Lipinski definition) is 3. The predicted molar refractivity (Wildman–Crippen MR) is 63.9 cm³/mol. The van der Waals surface area contributed by atoms with Gasteiger partial charge in [-0.2, -0.15) is 5.10 Å². The van der Waals surface area contributed by atoms with Crippen LogP contribution in [-0.2, 0) is 0 Å². The summed E-state index contributed by atoms with van der Waals surface area (Å²) in [5, 5.41) is 10.4. The van der Waals surface area contributed by atoms with E-state index in [1.54, 1.807) is 0 Å². The van der Waals surface area contributed by atoms with E-state index in [0.717, 1.165) is 25.3 Å². The van der Waals surface area contributed by atoms with Crippen LogP contribution < -0.4 is 5.32 Å². The molecule has 17 heavy (non-hydrogen) atoms. The molecule has 1 aliphatic heterocycles. The monoisotopic (exact) mass is 234 g/mol. The molecular weight excluding hydrogens is 216 g/mol. The minimum Gasteiger partial charge on any atom is -0.332 e. The van der Waals surface area contributed by atoms with Crippen molar-refractivity contribution in [1.82, 2.24) is 20.4 Å². The molecule has 1 aromatic rings. The Morgan fingerprint density at radius 1 is 1.53 bits per heavy atom. The Hall–Kier alpha value is -1.36. The lowest BCUT2D eigenvalue weighted by Crippen LogP contribution is -2.52. The van der Waals surface area contributed by atoms with E-state index in [9.17, 15) is 4.79 Å². The van der Waals surface area contributed by atoms with E-state index in [-0.39, 0.29) is 11.9 Å². The first kappa shape index (κ1) is 10.8. The SMILES string of the molecule is CC1CNCCN1C(=O)c1cc(C2CC2)[nH]n1. The maximum absolute atomic E-state index is 12.3. The quantitative estimate of drug-likeness (QED) is 0.792. The van der Waals surface area contributed by atoms with Gasteiger partial charge in [-0.15, -0.1) is 0 Å². The summed E-state index contributed by atoms with van der Waals surface area (Å²) in [6, 6.07) is 2.17. The molecule has 3 rings (SSSR count). The van der Waals surface area contributed by atoms with Gasteiger partial charge in [-0.1, -0.05) is 0 Å². The Morgan fingerprint density at radius 2 is 2.35 bits per heavy atom. The average Bonchev–Trinajstić information content (AvgIpc) is 3.07. The van der Waals surface area contributed by atoms with Crippen LogP contribution in [0.25, 0.3) is 0 Å². The molecule has 2 fully saturated rings. The summed E-state index contributed by atoms with van der Waals surface area (Å²) in [7, 11) is 0. The van der Waals surface area contributed by atoms with Crippen LogP contribution in [0.4, 0.5) is 0 Å². The first-order chi connectivity index (χ1) is 8.25. The molecule has 2 N–H and O–H groups in total. The van der Waals surface area contributed by atoms with Crippen molar-refractivity contribution in [1.29, 1.82) is 0 Å². The summed E-state index contributed by atoms with van der Waals surface area (Å²) in [6.07, 6.45) is 2.44. The first-order valence-corrected chi connectivity index (χ1v) is 6.32. The zero-order chi connectivity index (χ0) is 11.8. The Morgan fingerprint density at radius 3 is 3.06 bits per heavy atom. The second kappa shape index (κ2) is 4.14. The van der Waals surface area contributed by atoms with Crippen LogP contribution in [0.2, 0.25) is 0 Å². The zero-order valence-electron chi connectivity index (χ0n) is 10.1. The van der Waals surface area contributed by atoms with Crippen molar-refractivity contribution in [3.05, 3.63) is 17.5 Å². The number of nitrogens with zero attached hydrogens (tertiary/aromatic N) is 2. The number of carbonyl (C=O) groups excluding carboxylic acids is 1. The number of amides is 1. The van der Waals surface area contributed by atoms with Gasteiger partial charge >= 0.3 is 0 Å². The Labute approximate surface area is 101 Å². The first-order valence-electron chi connectivity index (χ1n) is 6.32. The lowest BCUT2D eigenvalue weighted by molar-refractivity contribution is 0.0649. The second-order valence-electron chi connectivity index (χ2n) is 5.03. The van der Waals surface area contributed by atoms with E-state index >= 15 is 0 Å². The fourth-order valence-corrected chi connectivity index (χ4v) is 2.34. The maximum Gasteiger partial charge on any atom is 0.274 e. The highest BCUT2D eigenvalue weighted by Crippen LogP contribution is 2.39. The normalized spacial score (nSPS) is 25.0. The lowest BCUT2D eigenvalue weighted by Gasteiger charge is -2.33. The molecule has 0 bridgehead atoms. The van der Waals surface area contributed by atoms with Crippen LogP contribution in [-0.4, -0.2) is 46.7 Å². The van der Waals surface area contributed by atoms with Gasteiger partial charge in [0.1, 0.15) is 5.69 Å². The van der Waals surface area contributed by atoms with E-state index in [1.165, 1.54) is 12.8 Å². The van der Waals surface area contributed by atoms with Crippen molar-refractivity contribution in [2.24, 2.45) is 0 Å². The highest BCUT2D eigenvalue weighted by molar-refractivity contribution is 5.92. The molecule has 5 heteroatoms. The predicted octanol–water partition coefficient (Wildman–Crippen LogP) is 0.721. The number of carbonyl (C=O) groups is 1. The number of aromatic amines is 1. The molecule has 1 unspecified atom stereocenters. The van der Waals surface area contributed by atoms with Gasteiger partial charge in [-0.3, -0.25) is 9.89 Å². The molecule has 1 saturated carbocycles. The van der Waals surface area contributed by atoms with Gasteiger partial charge in [0.25, 0.3) is 5.91 Å². The topological polar surface area (TPSA) is 61.0 Å². The molecule has 0 radical (unpaired) electrons. The largest absolute Gasteiger partial charge is 0.332 e. The van der Waals surface area contributed by atoms with E-state index in [1.807, 2.05) is 11.0 Å². The Bertz CT molecular complexity index is 424. The maximum atomic E-state index is 12.3. The standard InChI is InChI=1S/C12H18N4O/c1-8-7-13-4-5-16(8)12(17)11-6-10(14-15-11)9-2-3-9/h6,8-9,13H,2-5,7H2,1H3,(H,14,15).